The molecule has 1 aliphatic rings. The van der Waals surface area contributed by atoms with Crippen molar-refractivity contribution < 1.29 is 4.79 Å². The van der Waals surface area contributed by atoms with E-state index in [1.807, 2.05) is 0 Å². The molecule has 0 atom stereocenters. The molecule has 1 fully saturated rings. The molecule has 1 saturated carbocycles. The fraction of sp³-hybridized carbons (Fsp3) is 0.545. The van der Waals surface area contributed by atoms with Crippen molar-refractivity contribution in [1.82, 2.24) is 9.97 Å². The fourth-order valence-corrected chi connectivity index (χ4v) is 2.11. The van der Waals surface area contributed by atoms with Gasteiger partial charge in [-0.15, -0.1) is 0 Å². The topological polar surface area (TPSA) is 54.9 Å². The molecule has 1 aromatic rings. The molecule has 16 heavy (non-hydrogen) atoms. The third kappa shape index (κ3) is 2.92. The van der Waals surface area contributed by atoms with Crippen molar-refractivity contribution in [2.24, 2.45) is 5.92 Å². The molecule has 2 rings (SSSR count). The molecule has 0 aromatic carbocycles. The number of nitrogens with zero attached hydrogens (tertiary/aromatic N) is 2. The van der Waals surface area contributed by atoms with Crippen molar-refractivity contribution in [2.75, 3.05) is 5.32 Å². The number of hydrogen-bond donors (Lipinski definition) is 1. The highest BCUT2D eigenvalue weighted by atomic mass is 35.5. The third-order valence-corrected chi connectivity index (χ3v) is 3.04. The van der Waals surface area contributed by atoms with E-state index in [-0.39, 0.29) is 11.8 Å². The summed E-state index contributed by atoms with van der Waals surface area (Å²) < 4.78 is 0. The van der Waals surface area contributed by atoms with Crippen LogP contribution in [0.25, 0.3) is 0 Å². The minimum Gasteiger partial charge on any atom is -0.294 e. The zero-order valence-corrected chi connectivity index (χ0v) is 9.70. The summed E-state index contributed by atoms with van der Waals surface area (Å²) in [5.74, 6) is 0.418. The van der Waals surface area contributed by atoms with E-state index in [9.17, 15) is 4.79 Å². The molecule has 4 nitrogen and oxygen atoms in total. The van der Waals surface area contributed by atoms with E-state index < -0.39 is 0 Å². The van der Waals surface area contributed by atoms with Crippen molar-refractivity contribution in [3.63, 3.8) is 0 Å². The number of carbonyl (C=O) groups excluding carboxylic acids is 1. The zero-order valence-electron chi connectivity index (χ0n) is 8.95. The van der Waals surface area contributed by atoms with Crippen LogP contribution in [0.1, 0.15) is 32.1 Å². The van der Waals surface area contributed by atoms with Crippen LogP contribution in [0.4, 0.5) is 5.95 Å². The van der Waals surface area contributed by atoms with Crippen LogP contribution in [-0.2, 0) is 4.79 Å². The molecular weight excluding hydrogens is 226 g/mol. The standard InChI is InChI=1S/C11H14ClN3O/c12-9-6-7-13-11(14-9)15-10(16)8-4-2-1-3-5-8/h6-8H,1-5H2,(H,13,14,15,16). The highest BCUT2D eigenvalue weighted by Gasteiger charge is 2.21. The summed E-state index contributed by atoms with van der Waals surface area (Å²) in [6.07, 6.45) is 6.96. The molecule has 5 heteroatoms. The molecule has 1 N–H and O–H groups in total. The summed E-state index contributed by atoms with van der Waals surface area (Å²) in [4.78, 5) is 19.7. The molecule has 0 unspecified atom stereocenters. The molecular formula is C11H14ClN3O. The summed E-state index contributed by atoms with van der Waals surface area (Å²) >= 11 is 5.71. The molecule has 0 aliphatic heterocycles. The van der Waals surface area contributed by atoms with Crippen LogP contribution in [0.3, 0.4) is 0 Å². The third-order valence-electron chi connectivity index (χ3n) is 2.83. The largest absolute Gasteiger partial charge is 0.294 e. The van der Waals surface area contributed by atoms with Gasteiger partial charge in [-0.1, -0.05) is 30.9 Å². The van der Waals surface area contributed by atoms with Crippen LogP contribution < -0.4 is 5.32 Å². The first-order valence-corrected chi connectivity index (χ1v) is 5.93. The summed E-state index contributed by atoms with van der Waals surface area (Å²) in [7, 11) is 0. The highest BCUT2D eigenvalue weighted by Crippen LogP contribution is 2.24. The predicted octanol–water partition coefficient (Wildman–Crippen LogP) is 2.65. The van der Waals surface area contributed by atoms with E-state index in [0.717, 1.165) is 25.7 Å². The average Bonchev–Trinajstić information content (AvgIpc) is 2.30. The first-order valence-electron chi connectivity index (χ1n) is 5.55. The van der Waals surface area contributed by atoms with E-state index in [2.05, 4.69) is 15.3 Å². The lowest BCUT2D eigenvalue weighted by Crippen LogP contribution is -2.25. The van der Waals surface area contributed by atoms with E-state index in [1.165, 1.54) is 12.6 Å². The van der Waals surface area contributed by atoms with Gasteiger partial charge in [0.2, 0.25) is 11.9 Å². The van der Waals surface area contributed by atoms with Gasteiger partial charge in [-0.3, -0.25) is 10.1 Å². The Balaban J connectivity index is 1.96. The number of nitrogens with one attached hydrogen (secondary N) is 1. The van der Waals surface area contributed by atoms with Gasteiger partial charge in [-0.25, -0.2) is 9.97 Å². The van der Waals surface area contributed by atoms with Crippen molar-refractivity contribution >= 4 is 23.5 Å². The van der Waals surface area contributed by atoms with Crippen LogP contribution in [0, 0.1) is 5.92 Å². The summed E-state index contributed by atoms with van der Waals surface area (Å²) in [6.45, 7) is 0. The Morgan fingerprint density at radius 2 is 2.12 bits per heavy atom. The molecule has 0 radical (unpaired) electrons. The number of halogens is 1. The van der Waals surface area contributed by atoms with Crippen molar-refractivity contribution in [3.8, 4) is 0 Å². The quantitative estimate of drug-likeness (QED) is 0.808. The minimum absolute atomic E-state index is 0.0157. The maximum atomic E-state index is 11.8. The zero-order chi connectivity index (χ0) is 11.4. The van der Waals surface area contributed by atoms with Gasteiger partial charge in [0.1, 0.15) is 5.15 Å². The van der Waals surface area contributed by atoms with E-state index in [1.54, 1.807) is 6.07 Å². The minimum atomic E-state index is 0.0157. The Morgan fingerprint density at radius 1 is 1.38 bits per heavy atom. The molecule has 1 aliphatic carbocycles. The Morgan fingerprint density at radius 3 is 2.81 bits per heavy atom. The second-order valence-electron chi connectivity index (χ2n) is 4.03. The van der Waals surface area contributed by atoms with Crippen LogP contribution >= 0.6 is 11.6 Å². The van der Waals surface area contributed by atoms with Gasteiger partial charge in [0.05, 0.1) is 0 Å². The number of aromatic nitrogens is 2. The van der Waals surface area contributed by atoms with Crippen LogP contribution in [0.15, 0.2) is 12.3 Å². The van der Waals surface area contributed by atoms with Crippen molar-refractivity contribution in [3.05, 3.63) is 17.4 Å². The van der Waals surface area contributed by atoms with Gasteiger partial charge in [0.25, 0.3) is 0 Å². The first-order chi connectivity index (χ1) is 7.75. The van der Waals surface area contributed by atoms with Gasteiger partial charge < -0.3 is 0 Å². The predicted molar refractivity (Wildman–Crippen MR) is 62.2 cm³/mol. The normalized spacial score (nSPS) is 17.1. The van der Waals surface area contributed by atoms with Crippen LogP contribution in [-0.4, -0.2) is 15.9 Å². The lowest BCUT2D eigenvalue weighted by atomic mass is 9.89. The number of amides is 1. The molecule has 0 spiro atoms. The summed E-state index contributed by atoms with van der Waals surface area (Å²) in [5.41, 5.74) is 0. The molecule has 1 amide bonds. The van der Waals surface area contributed by atoms with Crippen LogP contribution in [0.2, 0.25) is 5.15 Å². The Kier molecular flexibility index (Phi) is 3.72. The maximum absolute atomic E-state index is 11.8. The lowest BCUT2D eigenvalue weighted by Gasteiger charge is -2.20. The summed E-state index contributed by atoms with van der Waals surface area (Å²) in [6, 6.07) is 1.58. The van der Waals surface area contributed by atoms with Gasteiger partial charge >= 0.3 is 0 Å². The van der Waals surface area contributed by atoms with Crippen molar-refractivity contribution in [2.45, 2.75) is 32.1 Å². The average molecular weight is 240 g/mol. The van der Waals surface area contributed by atoms with Crippen LogP contribution in [0.5, 0.6) is 0 Å². The molecule has 0 saturated heterocycles. The second kappa shape index (κ2) is 5.25. The van der Waals surface area contributed by atoms with E-state index in [0.29, 0.717) is 11.1 Å². The van der Waals surface area contributed by atoms with Crippen molar-refractivity contribution in [1.29, 1.82) is 0 Å². The van der Waals surface area contributed by atoms with Gasteiger partial charge in [0, 0.05) is 12.1 Å². The first kappa shape index (κ1) is 11.3. The van der Waals surface area contributed by atoms with E-state index >= 15 is 0 Å². The monoisotopic (exact) mass is 239 g/mol. The Hall–Kier alpha value is -1.16. The second-order valence-corrected chi connectivity index (χ2v) is 4.41. The number of carbonyl (C=O) groups is 1. The Bertz CT molecular complexity index is 377. The highest BCUT2D eigenvalue weighted by molar-refractivity contribution is 6.29. The molecule has 86 valence electrons. The maximum Gasteiger partial charge on any atom is 0.230 e. The fourth-order valence-electron chi connectivity index (χ4n) is 1.97. The lowest BCUT2D eigenvalue weighted by molar-refractivity contribution is -0.120. The smallest absolute Gasteiger partial charge is 0.230 e. The van der Waals surface area contributed by atoms with Gasteiger partial charge in [0.15, 0.2) is 0 Å². The van der Waals surface area contributed by atoms with Gasteiger partial charge in [-0.2, -0.15) is 0 Å². The number of rotatable bonds is 2. The number of anilines is 1. The number of hydrogen-bond acceptors (Lipinski definition) is 3. The summed E-state index contributed by atoms with van der Waals surface area (Å²) in [5, 5.41) is 3.05. The SMILES string of the molecule is O=C(Nc1nccc(Cl)n1)C1CCCCC1. The van der Waals surface area contributed by atoms with Gasteiger partial charge in [-0.05, 0) is 18.9 Å². The molecule has 1 heterocycles. The molecule has 1 aromatic heterocycles. The molecule has 0 bridgehead atoms. The van der Waals surface area contributed by atoms with E-state index in [4.69, 9.17) is 11.6 Å². The Labute approximate surface area is 99.4 Å².